The van der Waals surface area contributed by atoms with Crippen LogP contribution in [0.2, 0.25) is 0 Å². The first-order valence-electron chi connectivity index (χ1n) is 9.57. The second kappa shape index (κ2) is 9.10. The van der Waals surface area contributed by atoms with Gasteiger partial charge in [0.25, 0.3) is 0 Å². The number of sulfonamides is 1. The molecule has 1 aliphatic rings. The monoisotopic (exact) mass is 401 g/mol. The SMILES string of the molecule is CS(=O)(=O)Nc1cccc(CNC(=O)NC2CCCCC2c2ccccc2)c1. The van der Waals surface area contributed by atoms with Crippen molar-refractivity contribution in [1.29, 1.82) is 0 Å². The summed E-state index contributed by atoms with van der Waals surface area (Å²) in [4.78, 5) is 12.4. The highest BCUT2D eigenvalue weighted by Crippen LogP contribution is 2.32. The maximum absolute atomic E-state index is 12.4. The quantitative estimate of drug-likeness (QED) is 0.691. The molecular formula is C21H27N3O3S. The second-order valence-electron chi connectivity index (χ2n) is 7.31. The zero-order valence-corrected chi connectivity index (χ0v) is 16.8. The van der Waals surface area contributed by atoms with Gasteiger partial charge in [0.05, 0.1) is 6.26 Å². The average Bonchev–Trinajstić information content (AvgIpc) is 2.66. The molecule has 6 nitrogen and oxygen atoms in total. The molecule has 0 spiro atoms. The Bertz CT molecular complexity index is 900. The molecule has 0 aromatic heterocycles. The lowest BCUT2D eigenvalue weighted by Crippen LogP contribution is -2.45. The predicted molar refractivity (Wildman–Crippen MR) is 112 cm³/mol. The summed E-state index contributed by atoms with van der Waals surface area (Å²) < 4.78 is 25.2. The number of carbonyl (C=O) groups is 1. The topological polar surface area (TPSA) is 87.3 Å². The van der Waals surface area contributed by atoms with Gasteiger partial charge in [-0.15, -0.1) is 0 Å². The molecule has 7 heteroatoms. The van der Waals surface area contributed by atoms with Crippen LogP contribution < -0.4 is 15.4 Å². The third-order valence-electron chi connectivity index (χ3n) is 4.99. The molecule has 0 aliphatic heterocycles. The van der Waals surface area contributed by atoms with Crippen molar-refractivity contribution in [2.24, 2.45) is 0 Å². The molecule has 0 radical (unpaired) electrons. The van der Waals surface area contributed by atoms with Crippen molar-refractivity contribution < 1.29 is 13.2 Å². The lowest BCUT2D eigenvalue weighted by Gasteiger charge is -2.32. The Morgan fingerprint density at radius 1 is 1.04 bits per heavy atom. The molecule has 2 atom stereocenters. The van der Waals surface area contributed by atoms with Crippen LogP contribution in [-0.4, -0.2) is 26.7 Å². The summed E-state index contributed by atoms with van der Waals surface area (Å²) in [7, 11) is -3.33. The van der Waals surface area contributed by atoms with Crippen molar-refractivity contribution >= 4 is 21.7 Å². The van der Waals surface area contributed by atoms with Gasteiger partial charge in [-0.1, -0.05) is 55.3 Å². The standard InChI is InChI=1S/C21H27N3O3S/c1-28(26,27)24-18-11-7-8-16(14-18)15-22-21(25)23-20-13-6-5-12-19(20)17-9-3-2-4-10-17/h2-4,7-11,14,19-20,24H,5-6,12-13,15H2,1H3,(H2,22,23,25). The molecule has 2 amide bonds. The van der Waals surface area contributed by atoms with Gasteiger partial charge >= 0.3 is 6.03 Å². The Morgan fingerprint density at radius 2 is 1.79 bits per heavy atom. The summed E-state index contributed by atoms with van der Waals surface area (Å²) in [5.74, 6) is 0.336. The van der Waals surface area contributed by atoms with Crippen LogP contribution in [0.25, 0.3) is 0 Å². The van der Waals surface area contributed by atoms with E-state index in [-0.39, 0.29) is 12.1 Å². The summed E-state index contributed by atoms with van der Waals surface area (Å²) >= 11 is 0. The van der Waals surface area contributed by atoms with Crippen molar-refractivity contribution in [3.05, 3.63) is 65.7 Å². The molecule has 2 unspecified atom stereocenters. The largest absolute Gasteiger partial charge is 0.335 e. The van der Waals surface area contributed by atoms with Gasteiger partial charge in [-0.05, 0) is 36.1 Å². The van der Waals surface area contributed by atoms with E-state index < -0.39 is 10.0 Å². The van der Waals surface area contributed by atoms with E-state index in [4.69, 9.17) is 0 Å². The smallest absolute Gasteiger partial charge is 0.315 e. The molecule has 0 bridgehead atoms. The maximum Gasteiger partial charge on any atom is 0.315 e. The van der Waals surface area contributed by atoms with Gasteiger partial charge in [0, 0.05) is 24.2 Å². The fourth-order valence-electron chi connectivity index (χ4n) is 3.76. The van der Waals surface area contributed by atoms with Crippen LogP contribution >= 0.6 is 0 Å². The number of urea groups is 1. The van der Waals surface area contributed by atoms with E-state index in [1.165, 1.54) is 12.0 Å². The normalized spacial score (nSPS) is 19.6. The Balaban J connectivity index is 1.57. The second-order valence-corrected chi connectivity index (χ2v) is 9.06. The molecule has 1 aliphatic carbocycles. The summed E-state index contributed by atoms with van der Waals surface area (Å²) in [6.07, 6.45) is 5.46. The van der Waals surface area contributed by atoms with Gasteiger partial charge in [-0.2, -0.15) is 0 Å². The van der Waals surface area contributed by atoms with Gasteiger partial charge in [0.1, 0.15) is 0 Å². The first kappa shape index (κ1) is 20.2. The van der Waals surface area contributed by atoms with Crippen molar-refractivity contribution in [3.63, 3.8) is 0 Å². The molecule has 3 rings (SSSR count). The average molecular weight is 402 g/mol. The van der Waals surface area contributed by atoms with Crippen LogP contribution in [-0.2, 0) is 16.6 Å². The molecule has 0 saturated heterocycles. The predicted octanol–water partition coefficient (Wildman–Crippen LogP) is 3.58. The van der Waals surface area contributed by atoms with Crippen LogP contribution in [0.5, 0.6) is 0 Å². The number of hydrogen-bond donors (Lipinski definition) is 3. The number of rotatable bonds is 6. The fourth-order valence-corrected chi connectivity index (χ4v) is 4.32. The van der Waals surface area contributed by atoms with E-state index >= 15 is 0 Å². The molecule has 1 fully saturated rings. The van der Waals surface area contributed by atoms with Crippen molar-refractivity contribution in [2.45, 2.75) is 44.2 Å². The van der Waals surface area contributed by atoms with E-state index in [1.807, 2.05) is 24.3 Å². The lowest BCUT2D eigenvalue weighted by atomic mass is 9.80. The molecule has 2 aromatic carbocycles. The number of carbonyl (C=O) groups excluding carboxylic acids is 1. The highest BCUT2D eigenvalue weighted by Gasteiger charge is 2.27. The number of nitrogens with one attached hydrogen (secondary N) is 3. The Hall–Kier alpha value is -2.54. The highest BCUT2D eigenvalue weighted by atomic mass is 32.2. The highest BCUT2D eigenvalue weighted by molar-refractivity contribution is 7.92. The first-order chi connectivity index (χ1) is 13.4. The van der Waals surface area contributed by atoms with Gasteiger partial charge in [0.2, 0.25) is 10.0 Å². The van der Waals surface area contributed by atoms with Gasteiger partial charge in [-0.3, -0.25) is 4.72 Å². The Morgan fingerprint density at radius 3 is 2.54 bits per heavy atom. The molecule has 2 aromatic rings. The van der Waals surface area contributed by atoms with Crippen LogP contribution in [0.4, 0.5) is 10.5 Å². The molecule has 0 heterocycles. The molecule has 150 valence electrons. The van der Waals surface area contributed by atoms with Crippen LogP contribution in [0, 0.1) is 0 Å². The molecule has 1 saturated carbocycles. The van der Waals surface area contributed by atoms with E-state index in [1.54, 1.807) is 18.2 Å². The number of hydrogen-bond acceptors (Lipinski definition) is 3. The third kappa shape index (κ3) is 5.99. The molecule has 28 heavy (non-hydrogen) atoms. The minimum atomic E-state index is -3.33. The minimum absolute atomic E-state index is 0.120. The zero-order valence-electron chi connectivity index (χ0n) is 16.0. The number of anilines is 1. The Kier molecular flexibility index (Phi) is 6.57. The zero-order chi connectivity index (χ0) is 20.0. The maximum atomic E-state index is 12.4. The van der Waals surface area contributed by atoms with Gasteiger partial charge < -0.3 is 10.6 Å². The van der Waals surface area contributed by atoms with Crippen LogP contribution in [0.3, 0.4) is 0 Å². The van der Waals surface area contributed by atoms with Gasteiger partial charge in [0.15, 0.2) is 0 Å². The van der Waals surface area contributed by atoms with Crippen molar-refractivity contribution in [1.82, 2.24) is 10.6 Å². The fraction of sp³-hybridized carbons (Fsp3) is 0.381. The van der Waals surface area contributed by atoms with Crippen LogP contribution in [0.1, 0.15) is 42.7 Å². The van der Waals surface area contributed by atoms with Crippen LogP contribution in [0.15, 0.2) is 54.6 Å². The third-order valence-corrected chi connectivity index (χ3v) is 5.60. The summed E-state index contributed by atoms with van der Waals surface area (Å²) in [5.41, 5.74) is 2.58. The minimum Gasteiger partial charge on any atom is -0.335 e. The number of amides is 2. The molecule has 3 N–H and O–H groups in total. The summed E-state index contributed by atoms with van der Waals surface area (Å²) in [6, 6.07) is 17.3. The number of benzene rings is 2. The van der Waals surface area contributed by atoms with Crippen molar-refractivity contribution in [2.75, 3.05) is 11.0 Å². The van der Waals surface area contributed by atoms with E-state index in [9.17, 15) is 13.2 Å². The van der Waals surface area contributed by atoms with E-state index in [2.05, 4.69) is 27.5 Å². The lowest BCUT2D eigenvalue weighted by molar-refractivity contribution is 0.228. The first-order valence-corrected chi connectivity index (χ1v) is 11.5. The van der Waals surface area contributed by atoms with Gasteiger partial charge in [-0.25, -0.2) is 13.2 Å². The Labute approximate surface area is 166 Å². The van der Waals surface area contributed by atoms with E-state index in [0.717, 1.165) is 31.1 Å². The molecular weight excluding hydrogens is 374 g/mol. The van der Waals surface area contributed by atoms with E-state index in [0.29, 0.717) is 18.2 Å². The summed E-state index contributed by atoms with van der Waals surface area (Å²) in [6.45, 7) is 0.327. The van der Waals surface area contributed by atoms with Crippen molar-refractivity contribution in [3.8, 4) is 0 Å². The summed E-state index contributed by atoms with van der Waals surface area (Å²) in [5, 5.41) is 6.01.